The number of nitrogens with zero attached hydrogens (tertiary/aromatic N) is 1. The molecule has 0 radical (unpaired) electrons. The fraction of sp³-hybridized carbons (Fsp3) is 0.188. The standard InChI is InChI=1S/C16H18N2O2/c1-18(12-13-8-4-3-5-9-13)16(19)17-14-10-6-7-11-15(14)20-2/h3-11H,12H2,1-2H3,(H,17,19). The Balaban J connectivity index is 2.01. The van der Waals surface area contributed by atoms with Gasteiger partial charge in [0.1, 0.15) is 5.75 Å². The van der Waals surface area contributed by atoms with Crippen LogP contribution in [0, 0.1) is 0 Å². The molecule has 0 saturated heterocycles. The minimum atomic E-state index is -0.168. The first-order valence-corrected chi connectivity index (χ1v) is 6.40. The molecule has 2 amide bonds. The van der Waals surface area contributed by atoms with Crippen molar-refractivity contribution in [2.75, 3.05) is 19.5 Å². The van der Waals surface area contributed by atoms with Crippen molar-refractivity contribution in [1.82, 2.24) is 4.90 Å². The van der Waals surface area contributed by atoms with Crippen LogP contribution in [0.1, 0.15) is 5.56 Å². The monoisotopic (exact) mass is 270 g/mol. The van der Waals surface area contributed by atoms with E-state index >= 15 is 0 Å². The van der Waals surface area contributed by atoms with E-state index in [9.17, 15) is 4.79 Å². The molecule has 2 aromatic carbocycles. The fourth-order valence-electron chi connectivity index (χ4n) is 1.89. The van der Waals surface area contributed by atoms with Crippen molar-refractivity contribution in [1.29, 1.82) is 0 Å². The zero-order valence-corrected chi connectivity index (χ0v) is 11.7. The average molecular weight is 270 g/mol. The van der Waals surface area contributed by atoms with Crippen molar-refractivity contribution in [3.8, 4) is 5.75 Å². The van der Waals surface area contributed by atoms with Gasteiger partial charge >= 0.3 is 6.03 Å². The summed E-state index contributed by atoms with van der Waals surface area (Å²) in [4.78, 5) is 13.8. The van der Waals surface area contributed by atoms with Crippen LogP contribution >= 0.6 is 0 Å². The van der Waals surface area contributed by atoms with E-state index in [1.807, 2.05) is 54.6 Å². The molecule has 2 aromatic rings. The smallest absolute Gasteiger partial charge is 0.321 e. The molecule has 0 unspecified atom stereocenters. The molecule has 0 aliphatic rings. The van der Waals surface area contributed by atoms with Crippen LogP contribution in [-0.2, 0) is 6.54 Å². The van der Waals surface area contributed by atoms with Gasteiger partial charge in [0.2, 0.25) is 0 Å². The minimum Gasteiger partial charge on any atom is -0.495 e. The van der Waals surface area contributed by atoms with Gasteiger partial charge in [-0.3, -0.25) is 0 Å². The van der Waals surface area contributed by atoms with E-state index in [1.165, 1.54) is 0 Å². The summed E-state index contributed by atoms with van der Waals surface area (Å²) in [6.45, 7) is 0.557. The third-order valence-corrected chi connectivity index (χ3v) is 2.96. The highest BCUT2D eigenvalue weighted by atomic mass is 16.5. The number of amides is 2. The lowest BCUT2D eigenvalue weighted by Crippen LogP contribution is -2.30. The second-order valence-electron chi connectivity index (χ2n) is 4.47. The predicted molar refractivity (Wildman–Crippen MR) is 79.9 cm³/mol. The van der Waals surface area contributed by atoms with Gasteiger partial charge in [0, 0.05) is 13.6 Å². The van der Waals surface area contributed by atoms with Crippen LogP contribution in [0.2, 0.25) is 0 Å². The van der Waals surface area contributed by atoms with Crippen LogP contribution in [0.15, 0.2) is 54.6 Å². The highest BCUT2D eigenvalue weighted by Gasteiger charge is 2.11. The van der Waals surface area contributed by atoms with Crippen molar-refractivity contribution < 1.29 is 9.53 Å². The summed E-state index contributed by atoms with van der Waals surface area (Å²) < 4.78 is 5.21. The minimum absolute atomic E-state index is 0.168. The Morgan fingerprint density at radius 3 is 2.45 bits per heavy atom. The first-order chi connectivity index (χ1) is 9.70. The number of nitrogens with one attached hydrogen (secondary N) is 1. The summed E-state index contributed by atoms with van der Waals surface area (Å²) in [5.74, 6) is 0.647. The summed E-state index contributed by atoms with van der Waals surface area (Å²) >= 11 is 0. The number of rotatable bonds is 4. The molecule has 0 heterocycles. The highest BCUT2D eigenvalue weighted by Crippen LogP contribution is 2.23. The van der Waals surface area contributed by atoms with E-state index in [0.717, 1.165) is 5.56 Å². The normalized spacial score (nSPS) is 9.90. The van der Waals surface area contributed by atoms with Crippen molar-refractivity contribution in [3.05, 3.63) is 60.2 Å². The molecule has 4 nitrogen and oxygen atoms in total. The lowest BCUT2D eigenvalue weighted by molar-refractivity contribution is 0.220. The molecule has 2 rings (SSSR count). The molecular weight excluding hydrogens is 252 g/mol. The van der Waals surface area contributed by atoms with E-state index in [2.05, 4.69) is 5.32 Å². The number of para-hydroxylation sites is 2. The van der Waals surface area contributed by atoms with Gasteiger partial charge in [0.25, 0.3) is 0 Å². The summed E-state index contributed by atoms with van der Waals surface area (Å²) in [5, 5.41) is 2.84. The van der Waals surface area contributed by atoms with Gasteiger partial charge in [-0.25, -0.2) is 4.79 Å². The topological polar surface area (TPSA) is 41.6 Å². The number of hydrogen-bond acceptors (Lipinski definition) is 2. The summed E-state index contributed by atoms with van der Waals surface area (Å²) in [6, 6.07) is 17.0. The number of carbonyl (C=O) groups is 1. The van der Waals surface area contributed by atoms with E-state index in [0.29, 0.717) is 18.0 Å². The number of anilines is 1. The van der Waals surface area contributed by atoms with E-state index in [1.54, 1.807) is 19.1 Å². The van der Waals surface area contributed by atoms with Crippen molar-refractivity contribution in [2.45, 2.75) is 6.54 Å². The Kier molecular flexibility index (Phi) is 4.60. The van der Waals surface area contributed by atoms with E-state index in [-0.39, 0.29) is 6.03 Å². The maximum Gasteiger partial charge on any atom is 0.321 e. The molecule has 0 spiro atoms. The quantitative estimate of drug-likeness (QED) is 0.925. The van der Waals surface area contributed by atoms with Crippen molar-refractivity contribution >= 4 is 11.7 Å². The highest BCUT2D eigenvalue weighted by molar-refractivity contribution is 5.90. The SMILES string of the molecule is COc1ccccc1NC(=O)N(C)Cc1ccccc1. The van der Waals surface area contributed by atoms with Crippen molar-refractivity contribution in [3.63, 3.8) is 0 Å². The predicted octanol–water partition coefficient (Wildman–Crippen LogP) is 3.36. The fourth-order valence-corrected chi connectivity index (χ4v) is 1.89. The van der Waals surface area contributed by atoms with Gasteiger partial charge < -0.3 is 15.0 Å². The lowest BCUT2D eigenvalue weighted by atomic mass is 10.2. The molecule has 0 aliphatic carbocycles. The van der Waals surface area contributed by atoms with Gasteiger partial charge in [-0.2, -0.15) is 0 Å². The zero-order chi connectivity index (χ0) is 14.4. The summed E-state index contributed by atoms with van der Waals surface area (Å²) in [5.41, 5.74) is 1.75. The molecule has 1 N–H and O–H groups in total. The molecule has 0 aromatic heterocycles. The lowest BCUT2D eigenvalue weighted by Gasteiger charge is -2.19. The van der Waals surface area contributed by atoms with E-state index in [4.69, 9.17) is 4.74 Å². The Hall–Kier alpha value is -2.49. The third-order valence-electron chi connectivity index (χ3n) is 2.96. The summed E-state index contributed by atoms with van der Waals surface area (Å²) in [7, 11) is 3.34. The Labute approximate surface area is 119 Å². The van der Waals surface area contributed by atoms with Crippen LogP contribution in [0.4, 0.5) is 10.5 Å². The molecule has 0 aliphatic heterocycles. The van der Waals surface area contributed by atoms with Gasteiger partial charge in [0.15, 0.2) is 0 Å². The third kappa shape index (κ3) is 3.51. The average Bonchev–Trinajstić information content (AvgIpc) is 2.48. The van der Waals surface area contributed by atoms with Gasteiger partial charge in [-0.05, 0) is 17.7 Å². The Morgan fingerprint density at radius 1 is 1.10 bits per heavy atom. The zero-order valence-electron chi connectivity index (χ0n) is 11.7. The van der Waals surface area contributed by atoms with Crippen LogP contribution in [0.3, 0.4) is 0 Å². The van der Waals surface area contributed by atoms with Crippen LogP contribution in [0.25, 0.3) is 0 Å². The van der Waals surface area contributed by atoms with E-state index < -0.39 is 0 Å². The number of methoxy groups -OCH3 is 1. The number of hydrogen-bond donors (Lipinski definition) is 1. The molecule has 0 bridgehead atoms. The largest absolute Gasteiger partial charge is 0.495 e. The van der Waals surface area contributed by atoms with Crippen LogP contribution in [-0.4, -0.2) is 25.1 Å². The molecule has 104 valence electrons. The Bertz CT molecular complexity index is 570. The van der Waals surface area contributed by atoms with Gasteiger partial charge in [-0.15, -0.1) is 0 Å². The first-order valence-electron chi connectivity index (χ1n) is 6.40. The molecule has 0 atom stereocenters. The molecule has 20 heavy (non-hydrogen) atoms. The molecule has 4 heteroatoms. The summed E-state index contributed by atoms with van der Waals surface area (Å²) in [6.07, 6.45) is 0. The van der Waals surface area contributed by atoms with Crippen LogP contribution in [0.5, 0.6) is 5.75 Å². The number of urea groups is 1. The Morgan fingerprint density at radius 2 is 1.75 bits per heavy atom. The molecule has 0 fully saturated rings. The number of ether oxygens (including phenoxy) is 1. The number of carbonyl (C=O) groups excluding carboxylic acids is 1. The molecule has 0 saturated carbocycles. The van der Waals surface area contributed by atoms with Crippen LogP contribution < -0.4 is 10.1 Å². The maximum absolute atomic E-state index is 12.1. The maximum atomic E-state index is 12.1. The van der Waals surface area contributed by atoms with Crippen molar-refractivity contribution in [2.24, 2.45) is 0 Å². The van der Waals surface area contributed by atoms with Gasteiger partial charge in [0.05, 0.1) is 12.8 Å². The van der Waals surface area contributed by atoms with Gasteiger partial charge in [-0.1, -0.05) is 42.5 Å². The second kappa shape index (κ2) is 6.61. The first kappa shape index (κ1) is 13.9. The second-order valence-corrected chi connectivity index (χ2v) is 4.47. The number of benzene rings is 2. The molecular formula is C16H18N2O2.